The van der Waals surface area contributed by atoms with E-state index >= 15 is 0 Å². The van der Waals surface area contributed by atoms with E-state index in [1.165, 1.54) is 0 Å². The topological polar surface area (TPSA) is 37.2 Å². The van der Waals surface area contributed by atoms with E-state index < -0.39 is 0 Å². The van der Waals surface area contributed by atoms with E-state index in [2.05, 4.69) is 59.5 Å². The average molecular weight is 325 g/mol. The van der Waals surface area contributed by atoms with Crippen LogP contribution in [0.5, 0.6) is 0 Å². The van der Waals surface area contributed by atoms with Gasteiger partial charge in [0.1, 0.15) is 11.3 Å². The lowest BCUT2D eigenvalue weighted by Crippen LogP contribution is -2.40. The molecule has 0 atom stereocenters. The van der Waals surface area contributed by atoms with Crippen molar-refractivity contribution in [3.05, 3.63) is 34.5 Å². The molecular weight excluding hydrogens is 304 g/mol. The average Bonchev–Trinajstić information content (AvgIpc) is 2.71. The highest BCUT2D eigenvalue weighted by Crippen LogP contribution is 2.26. The summed E-state index contributed by atoms with van der Waals surface area (Å²) in [7, 11) is 0. The maximum atomic E-state index is 5.82. The van der Waals surface area contributed by atoms with Crippen LogP contribution in [0, 0.1) is 0 Å². The van der Waals surface area contributed by atoms with E-state index in [1.807, 2.05) is 12.1 Å². The molecule has 0 aliphatic carbocycles. The smallest absolute Gasteiger partial charge is 0.148 e. The Kier molecular flexibility index (Phi) is 4.66. The van der Waals surface area contributed by atoms with Gasteiger partial charge in [0.25, 0.3) is 0 Å². The monoisotopic (exact) mass is 324 g/mol. The summed E-state index contributed by atoms with van der Waals surface area (Å²) >= 11 is 3.50. The van der Waals surface area contributed by atoms with E-state index in [0.717, 1.165) is 40.8 Å². The second kappa shape index (κ2) is 6.07. The third-order valence-electron chi connectivity index (χ3n) is 2.80. The first-order valence-electron chi connectivity index (χ1n) is 6.58. The zero-order chi connectivity index (χ0) is 13.9. The quantitative estimate of drug-likeness (QED) is 0.824. The summed E-state index contributed by atoms with van der Waals surface area (Å²) in [4.78, 5) is 0. The molecule has 0 fully saturated rings. The highest BCUT2D eigenvalue weighted by Gasteiger charge is 2.08. The molecule has 0 amide bonds. The van der Waals surface area contributed by atoms with Crippen molar-refractivity contribution in [2.75, 3.05) is 13.1 Å². The fraction of sp³-hybridized carbons (Fsp3) is 0.467. The summed E-state index contributed by atoms with van der Waals surface area (Å²) < 4.78 is 6.82. The first-order chi connectivity index (χ1) is 8.96. The predicted molar refractivity (Wildman–Crippen MR) is 83.4 cm³/mol. The number of benzene rings is 1. The van der Waals surface area contributed by atoms with Gasteiger partial charge in [-0.1, -0.05) is 12.1 Å². The second-order valence-corrected chi connectivity index (χ2v) is 6.58. The third-order valence-corrected chi connectivity index (χ3v) is 3.43. The summed E-state index contributed by atoms with van der Waals surface area (Å²) in [6.07, 6.45) is 0. The van der Waals surface area contributed by atoms with Crippen LogP contribution in [-0.2, 0) is 6.54 Å². The van der Waals surface area contributed by atoms with Crippen molar-refractivity contribution >= 4 is 26.9 Å². The Hall–Kier alpha value is -0.840. The molecule has 2 aromatic rings. The maximum absolute atomic E-state index is 5.82. The van der Waals surface area contributed by atoms with Gasteiger partial charge < -0.3 is 15.1 Å². The fourth-order valence-electron chi connectivity index (χ4n) is 1.91. The number of nitrogens with one attached hydrogen (secondary N) is 2. The second-order valence-electron chi connectivity index (χ2n) is 5.72. The number of fused-ring (bicyclic) bond motifs is 1. The fourth-order valence-corrected chi connectivity index (χ4v) is 2.37. The lowest BCUT2D eigenvalue weighted by molar-refractivity contribution is 0.417. The predicted octanol–water partition coefficient (Wildman–Crippen LogP) is 3.67. The molecule has 104 valence electrons. The molecule has 1 heterocycles. The first kappa shape index (κ1) is 14.6. The van der Waals surface area contributed by atoms with Gasteiger partial charge in [0.15, 0.2) is 0 Å². The van der Waals surface area contributed by atoms with Crippen molar-refractivity contribution in [3.8, 4) is 0 Å². The van der Waals surface area contributed by atoms with Crippen LogP contribution in [0.4, 0.5) is 0 Å². The van der Waals surface area contributed by atoms with Gasteiger partial charge in [-0.15, -0.1) is 0 Å². The van der Waals surface area contributed by atoms with Gasteiger partial charge in [-0.2, -0.15) is 0 Å². The molecule has 0 saturated carbocycles. The molecule has 1 aromatic heterocycles. The van der Waals surface area contributed by atoms with E-state index in [-0.39, 0.29) is 5.54 Å². The van der Waals surface area contributed by atoms with Crippen LogP contribution in [0.25, 0.3) is 11.0 Å². The molecule has 1 aromatic carbocycles. The Balaban J connectivity index is 1.84. The highest BCUT2D eigenvalue weighted by molar-refractivity contribution is 9.10. The lowest BCUT2D eigenvalue weighted by atomic mass is 10.1. The molecule has 0 aliphatic heterocycles. The number of furan rings is 1. The van der Waals surface area contributed by atoms with Gasteiger partial charge in [-0.05, 0) is 48.8 Å². The molecule has 0 unspecified atom stereocenters. The van der Waals surface area contributed by atoms with Crippen LogP contribution < -0.4 is 10.6 Å². The van der Waals surface area contributed by atoms with Crippen molar-refractivity contribution in [1.82, 2.24) is 10.6 Å². The van der Waals surface area contributed by atoms with Crippen molar-refractivity contribution in [2.45, 2.75) is 32.9 Å². The Morgan fingerprint density at radius 2 is 2.00 bits per heavy atom. The van der Waals surface area contributed by atoms with Crippen LogP contribution in [0.3, 0.4) is 0 Å². The Morgan fingerprint density at radius 3 is 2.68 bits per heavy atom. The summed E-state index contributed by atoms with van der Waals surface area (Å²) in [5.41, 5.74) is 1.10. The molecule has 0 saturated heterocycles. The molecule has 19 heavy (non-hydrogen) atoms. The van der Waals surface area contributed by atoms with E-state index in [0.29, 0.717) is 0 Å². The number of hydrogen-bond donors (Lipinski definition) is 2. The normalized spacial score (nSPS) is 12.2. The molecule has 0 bridgehead atoms. The molecule has 3 nitrogen and oxygen atoms in total. The van der Waals surface area contributed by atoms with Crippen molar-refractivity contribution in [3.63, 3.8) is 0 Å². The van der Waals surface area contributed by atoms with Crippen molar-refractivity contribution in [2.24, 2.45) is 0 Å². The maximum Gasteiger partial charge on any atom is 0.148 e. The minimum atomic E-state index is 0.173. The molecule has 0 aliphatic rings. The lowest BCUT2D eigenvalue weighted by Gasteiger charge is -2.20. The van der Waals surface area contributed by atoms with E-state index in [9.17, 15) is 0 Å². The van der Waals surface area contributed by atoms with Crippen LogP contribution in [0.2, 0.25) is 0 Å². The van der Waals surface area contributed by atoms with Crippen LogP contribution in [0.1, 0.15) is 26.5 Å². The van der Waals surface area contributed by atoms with Gasteiger partial charge in [0, 0.05) is 24.0 Å². The first-order valence-corrected chi connectivity index (χ1v) is 7.38. The van der Waals surface area contributed by atoms with Crippen LogP contribution in [0.15, 0.2) is 33.2 Å². The number of rotatable bonds is 5. The molecule has 0 radical (unpaired) electrons. The SMILES string of the molecule is CC(C)(C)NCCNCc1cc2cccc(Br)c2o1. The summed E-state index contributed by atoms with van der Waals surface area (Å²) in [6.45, 7) is 9.15. The summed E-state index contributed by atoms with van der Waals surface area (Å²) in [6, 6.07) is 8.17. The zero-order valence-corrected chi connectivity index (χ0v) is 13.3. The van der Waals surface area contributed by atoms with Crippen molar-refractivity contribution < 1.29 is 4.42 Å². The van der Waals surface area contributed by atoms with Crippen LogP contribution in [-0.4, -0.2) is 18.6 Å². The van der Waals surface area contributed by atoms with Crippen molar-refractivity contribution in [1.29, 1.82) is 0 Å². The molecular formula is C15H21BrN2O. The summed E-state index contributed by atoms with van der Waals surface area (Å²) in [5, 5.41) is 7.96. The number of para-hydroxylation sites is 1. The van der Waals surface area contributed by atoms with Crippen LogP contribution >= 0.6 is 15.9 Å². The Morgan fingerprint density at radius 1 is 1.21 bits per heavy atom. The largest absolute Gasteiger partial charge is 0.459 e. The Labute approximate surface area is 122 Å². The van der Waals surface area contributed by atoms with Gasteiger partial charge >= 0.3 is 0 Å². The van der Waals surface area contributed by atoms with E-state index in [4.69, 9.17) is 4.42 Å². The van der Waals surface area contributed by atoms with Gasteiger partial charge in [0.05, 0.1) is 11.0 Å². The molecule has 4 heteroatoms. The summed E-state index contributed by atoms with van der Waals surface area (Å²) in [5.74, 6) is 0.970. The zero-order valence-electron chi connectivity index (χ0n) is 11.7. The minimum absolute atomic E-state index is 0.173. The van der Waals surface area contributed by atoms with Gasteiger partial charge in [0.2, 0.25) is 0 Å². The minimum Gasteiger partial charge on any atom is -0.459 e. The highest BCUT2D eigenvalue weighted by atomic mass is 79.9. The number of hydrogen-bond acceptors (Lipinski definition) is 3. The molecule has 0 spiro atoms. The van der Waals surface area contributed by atoms with Gasteiger partial charge in [-0.3, -0.25) is 0 Å². The number of halogens is 1. The van der Waals surface area contributed by atoms with E-state index in [1.54, 1.807) is 0 Å². The third kappa shape index (κ3) is 4.34. The molecule has 2 rings (SSSR count). The Bertz CT molecular complexity index is 543. The molecule has 2 N–H and O–H groups in total. The van der Waals surface area contributed by atoms with Gasteiger partial charge in [-0.25, -0.2) is 0 Å². The standard InChI is InChI=1S/C15H21BrN2O/c1-15(2,3)18-8-7-17-10-12-9-11-5-4-6-13(16)14(11)19-12/h4-6,9,17-18H,7-8,10H2,1-3H3.